The summed E-state index contributed by atoms with van der Waals surface area (Å²) in [6, 6.07) is -0.855. The van der Waals surface area contributed by atoms with Crippen LogP contribution in [-0.2, 0) is 14.3 Å². The van der Waals surface area contributed by atoms with E-state index < -0.39 is 18.1 Å². The van der Waals surface area contributed by atoms with E-state index in [1.165, 1.54) is 7.11 Å². The third-order valence-corrected chi connectivity index (χ3v) is 1.36. The van der Waals surface area contributed by atoms with Crippen LogP contribution in [-0.4, -0.2) is 37.9 Å². The van der Waals surface area contributed by atoms with Crippen LogP contribution in [0.1, 0.15) is 13.8 Å². The van der Waals surface area contributed by atoms with Crippen LogP contribution in [0.4, 0.5) is 4.79 Å². The number of hydrogen-bond donors (Lipinski definition) is 2. The van der Waals surface area contributed by atoms with Crippen molar-refractivity contribution in [2.24, 2.45) is 5.73 Å². The van der Waals surface area contributed by atoms with Gasteiger partial charge in [0.25, 0.3) is 0 Å². The van der Waals surface area contributed by atoms with Crippen molar-refractivity contribution in [1.29, 1.82) is 0 Å². The molecule has 0 aliphatic heterocycles. The normalized spacial score (nSPS) is 12.1. The molecule has 0 unspecified atom stereocenters. The fourth-order valence-corrected chi connectivity index (χ4v) is 0.747. The van der Waals surface area contributed by atoms with Gasteiger partial charge in [-0.15, -0.1) is 0 Å². The number of nitrogens with two attached hydrogens (primary N) is 1. The van der Waals surface area contributed by atoms with Crippen molar-refractivity contribution in [2.45, 2.75) is 26.0 Å². The zero-order valence-electron chi connectivity index (χ0n) is 8.57. The van der Waals surface area contributed by atoms with Gasteiger partial charge in [0.05, 0.1) is 13.2 Å². The number of hydrogen-bond acceptors (Lipinski definition) is 5. The Morgan fingerprint density at radius 3 is 2.36 bits per heavy atom. The molecule has 14 heavy (non-hydrogen) atoms. The van der Waals surface area contributed by atoms with Gasteiger partial charge in [-0.05, 0) is 13.8 Å². The first-order valence-corrected chi connectivity index (χ1v) is 4.26. The lowest BCUT2D eigenvalue weighted by molar-refractivity contribution is -0.142. The molecule has 0 aromatic rings. The quantitative estimate of drug-likeness (QED) is 0.609. The number of esters is 1. The van der Waals surface area contributed by atoms with Gasteiger partial charge in [-0.3, -0.25) is 0 Å². The van der Waals surface area contributed by atoms with E-state index in [-0.39, 0.29) is 12.6 Å². The molecule has 6 heteroatoms. The molecular weight excluding hydrogens is 188 g/mol. The SMILES string of the molecule is COC(=O)[C@H](CN)NC(=O)OC(C)C. The van der Waals surface area contributed by atoms with Gasteiger partial charge >= 0.3 is 12.1 Å². The van der Waals surface area contributed by atoms with Crippen molar-refractivity contribution in [1.82, 2.24) is 5.32 Å². The van der Waals surface area contributed by atoms with Crippen LogP contribution in [0.2, 0.25) is 0 Å². The van der Waals surface area contributed by atoms with E-state index in [2.05, 4.69) is 10.1 Å². The molecule has 0 aliphatic carbocycles. The Morgan fingerprint density at radius 1 is 1.43 bits per heavy atom. The van der Waals surface area contributed by atoms with Crippen LogP contribution in [0, 0.1) is 0 Å². The largest absolute Gasteiger partial charge is 0.467 e. The molecule has 0 saturated carbocycles. The Hall–Kier alpha value is -1.30. The predicted octanol–water partition coefficient (Wildman–Crippen LogP) is -0.379. The highest BCUT2D eigenvalue weighted by molar-refractivity contribution is 5.81. The maximum Gasteiger partial charge on any atom is 0.408 e. The highest BCUT2D eigenvalue weighted by Gasteiger charge is 2.20. The number of rotatable bonds is 4. The van der Waals surface area contributed by atoms with Crippen LogP contribution in [0.15, 0.2) is 0 Å². The first-order chi connectivity index (χ1) is 6.51. The van der Waals surface area contributed by atoms with Crippen LogP contribution < -0.4 is 11.1 Å². The van der Waals surface area contributed by atoms with Gasteiger partial charge < -0.3 is 20.5 Å². The van der Waals surface area contributed by atoms with Crippen LogP contribution >= 0.6 is 0 Å². The van der Waals surface area contributed by atoms with Crippen molar-refractivity contribution in [3.8, 4) is 0 Å². The van der Waals surface area contributed by atoms with Crippen molar-refractivity contribution >= 4 is 12.1 Å². The van der Waals surface area contributed by atoms with Crippen molar-refractivity contribution < 1.29 is 19.1 Å². The highest BCUT2D eigenvalue weighted by Crippen LogP contribution is 1.91. The summed E-state index contributed by atoms with van der Waals surface area (Å²) in [5, 5.41) is 2.29. The summed E-state index contributed by atoms with van der Waals surface area (Å²) in [5.74, 6) is -0.590. The maximum absolute atomic E-state index is 11.0. The standard InChI is InChI=1S/C8H16N2O4/c1-5(2)14-8(12)10-6(4-9)7(11)13-3/h5-6H,4,9H2,1-3H3,(H,10,12)/t6-/m0/s1. The minimum absolute atomic E-state index is 0.0279. The number of nitrogens with one attached hydrogen (secondary N) is 1. The van der Waals surface area contributed by atoms with E-state index in [4.69, 9.17) is 10.5 Å². The smallest absolute Gasteiger partial charge is 0.408 e. The summed E-state index contributed by atoms with van der Waals surface area (Å²) < 4.78 is 9.18. The zero-order valence-corrected chi connectivity index (χ0v) is 8.57. The number of ether oxygens (including phenoxy) is 2. The second-order valence-electron chi connectivity index (χ2n) is 2.91. The summed E-state index contributed by atoms with van der Waals surface area (Å²) in [7, 11) is 1.22. The fraction of sp³-hybridized carbons (Fsp3) is 0.750. The molecule has 0 aromatic carbocycles. The van der Waals surface area contributed by atoms with E-state index in [1.807, 2.05) is 0 Å². The Balaban J connectivity index is 4.05. The molecule has 0 fully saturated rings. The molecule has 0 radical (unpaired) electrons. The number of alkyl carbamates (subject to hydrolysis) is 1. The molecule has 0 rings (SSSR count). The summed E-state index contributed by atoms with van der Waals surface area (Å²) in [5.41, 5.74) is 5.26. The molecule has 0 aromatic heterocycles. The van der Waals surface area contributed by atoms with E-state index in [0.717, 1.165) is 0 Å². The van der Waals surface area contributed by atoms with E-state index in [9.17, 15) is 9.59 Å². The third kappa shape index (κ3) is 4.66. The Morgan fingerprint density at radius 2 is 2.00 bits per heavy atom. The Labute approximate surface area is 82.7 Å². The number of amides is 1. The van der Waals surface area contributed by atoms with E-state index in [1.54, 1.807) is 13.8 Å². The first-order valence-electron chi connectivity index (χ1n) is 4.26. The lowest BCUT2D eigenvalue weighted by atomic mass is 10.3. The van der Waals surface area contributed by atoms with E-state index >= 15 is 0 Å². The fourth-order valence-electron chi connectivity index (χ4n) is 0.747. The minimum Gasteiger partial charge on any atom is -0.467 e. The van der Waals surface area contributed by atoms with Crippen LogP contribution in [0.25, 0.3) is 0 Å². The average Bonchev–Trinajstić information content (AvgIpc) is 2.11. The molecule has 0 heterocycles. The molecule has 0 saturated heterocycles. The lowest BCUT2D eigenvalue weighted by Gasteiger charge is -2.15. The zero-order chi connectivity index (χ0) is 11.1. The van der Waals surface area contributed by atoms with Crippen molar-refractivity contribution in [3.63, 3.8) is 0 Å². The van der Waals surface area contributed by atoms with Crippen LogP contribution in [0.3, 0.4) is 0 Å². The second kappa shape index (κ2) is 6.20. The monoisotopic (exact) mass is 204 g/mol. The van der Waals surface area contributed by atoms with Crippen molar-refractivity contribution in [3.05, 3.63) is 0 Å². The summed E-state index contributed by atoms with van der Waals surface area (Å²) in [6.07, 6.45) is -0.924. The lowest BCUT2D eigenvalue weighted by Crippen LogP contribution is -2.47. The van der Waals surface area contributed by atoms with Gasteiger partial charge in [-0.1, -0.05) is 0 Å². The topological polar surface area (TPSA) is 90.6 Å². The van der Waals surface area contributed by atoms with Gasteiger partial charge in [-0.2, -0.15) is 0 Å². The van der Waals surface area contributed by atoms with Gasteiger partial charge in [0.2, 0.25) is 0 Å². The predicted molar refractivity (Wildman–Crippen MR) is 49.6 cm³/mol. The summed E-state index contributed by atoms with van der Waals surface area (Å²) in [6.45, 7) is 3.38. The maximum atomic E-state index is 11.0. The van der Waals surface area contributed by atoms with E-state index in [0.29, 0.717) is 0 Å². The molecule has 1 amide bonds. The van der Waals surface area contributed by atoms with Gasteiger partial charge in [0.1, 0.15) is 6.04 Å². The highest BCUT2D eigenvalue weighted by atomic mass is 16.6. The number of carbonyl (C=O) groups excluding carboxylic acids is 2. The van der Waals surface area contributed by atoms with Crippen molar-refractivity contribution in [2.75, 3.05) is 13.7 Å². The molecule has 0 bridgehead atoms. The molecular formula is C8H16N2O4. The Bertz CT molecular complexity index is 206. The van der Waals surface area contributed by atoms with Gasteiger partial charge in [-0.25, -0.2) is 9.59 Å². The first kappa shape index (κ1) is 12.7. The molecule has 3 N–H and O–H groups in total. The Kier molecular flexibility index (Phi) is 5.62. The van der Waals surface area contributed by atoms with Crippen LogP contribution in [0.5, 0.6) is 0 Å². The molecule has 82 valence electrons. The molecule has 1 atom stereocenters. The minimum atomic E-state index is -0.855. The summed E-state index contributed by atoms with van der Waals surface area (Å²) in [4.78, 5) is 22.0. The third-order valence-electron chi connectivity index (χ3n) is 1.36. The molecule has 0 aliphatic rings. The molecule has 6 nitrogen and oxygen atoms in total. The average molecular weight is 204 g/mol. The van der Waals surface area contributed by atoms with Gasteiger partial charge in [0, 0.05) is 6.54 Å². The second-order valence-corrected chi connectivity index (χ2v) is 2.91. The number of carbonyl (C=O) groups is 2. The number of methoxy groups -OCH3 is 1. The molecule has 0 spiro atoms. The van der Waals surface area contributed by atoms with Gasteiger partial charge in [0.15, 0.2) is 0 Å². The summed E-state index contributed by atoms with van der Waals surface area (Å²) >= 11 is 0.